The van der Waals surface area contributed by atoms with Gasteiger partial charge < -0.3 is 15.4 Å². The molecule has 0 saturated heterocycles. The van der Waals surface area contributed by atoms with Crippen LogP contribution in [-0.2, 0) is 11.2 Å². The summed E-state index contributed by atoms with van der Waals surface area (Å²) in [4.78, 5) is 12.2. The maximum absolute atomic E-state index is 12.2. The molecule has 0 bridgehead atoms. The number of aryl methyl sites for hydroxylation is 1. The van der Waals surface area contributed by atoms with E-state index in [9.17, 15) is 4.79 Å². The Bertz CT molecular complexity index is 681. The molecule has 0 radical (unpaired) electrons. The fourth-order valence-corrected chi connectivity index (χ4v) is 2.48. The van der Waals surface area contributed by atoms with Crippen molar-refractivity contribution in [1.29, 1.82) is 0 Å². The van der Waals surface area contributed by atoms with Gasteiger partial charge in [0.25, 0.3) is 0 Å². The van der Waals surface area contributed by atoms with Crippen molar-refractivity contribution in [2.45, 2.75) is 33.2 Å². The average molecular weight is 326 g/mol. The minimum absolute atomic E-state index is 0.00409. The Balaban J connectivity index is 1.82. The molecule has 0 aliphatic heterocycles. The predicted octanol–water partition coefficient (Wildman–Crippen LogP) is 3.47. The van der Waals surface area contributed by atoms with Crippen LogP contribution >= 0.6 is 0 Å². The number of benzene rings is 2. The second kappa shape index (κ2) is 8.39. The third-order valence-corrected chi connectivity index (χ3v) is 4.24. The van der Waals surface area contributed by atoms with Crippen molar-refractivity contribution in [3.05, 3.63) is 59.2 Å². The fraction of sp³-hybridized carbons (Fsp3) is 0.350. The van der Waals surface area contributed by atoms with Crippen molar-refractivity contribution >= 4 is 11.6 Å². The van der Waals surface area contributed by atoms with Gasteiger partial charge in [-0.15, -0.1) is 0 Å². The van der Waals surface area contributed by atoms with E-state index in [4.69, 9.17) is 4.74 Å². The second-order valence-corrected chi connectivity index (χ2v) is 6.00. The molecular formula is C20H26N2O2. The standard InChI is InChI=1S/C20H26N2O2/c1-14-6-5-7-19(15(14)2)22-16(3)20(23)21-13-12-17-8-10-18(24-4)11-9-17/h5-11,16,22H,12-13H2,1-4H3,(H,21,23)/t16-/m1/s1. The maximum atomic E-state index is 12.2. The van der Waals surface area contributed by atoms with Crippen LogP contribution in [0.2, 0.25) is 0 Å². The largest absolute Gasteiger partial charge is 0.497 e. The highest BCUT2D eigenvalue weighted by atomic mass is 16.5. The molecule has 4 nitrogen and oxygen atoms in total. The molecule has 0 fully saturated rings. The minimum atomic E-state index is -0.277. The Labute approximate surface area is 144 Å². The maximum Gasteiger partial charge on any atom is 0.242 e. The SMILES string of the molecule is COc1ccc(CCNC(=O)[C@@H](C)Nc2cccc(C)c2C)cc1. The summed E-state index contributed by atoms with van der Waals surface area (Å²) in [5, 5.41) is 6.27. The van der Waals surface area contributed by atoms with Crippen LogP contribution in [0.3, 0.4) is 0 Å². The Morgan fingerprint density at radius 2 is 1.83 bits per heavy atom. The van der Waals surface area contributed by atoms with E-state index in [1.54, 1.807) is 7.11 Å². The second-order valence-electron chi connectivity index (χ2n) is 6.00. The Morgan fingerprint density at radius 1 is 1.12 bits per heavy atom. The van der Waals surface area contributed by atoms with Gasteiger partial charge in [0.15, 0.2) is 0 Å². The first-order chi connectivity index (χ1) is 11.5. The van der Waals surface area contributed by atoms with Gasteiger partial charge in [0, 0.05) is 12.2 Å². The normalized spacial score (nSPS) is 11.7. The first-order valence-electron chi connectivity index (χ1n) is 8.24. The molecule has 2 rings (SSSR count). The third-order valence-electron chi connectivity index (χ3n) is 4.24. The molecule has 0 aliphatic carbocycles. The van der Waals surface area contributed by atoms with Gasteiger partial charge in [0.05, 0.1) is 7.11 Å². The zero-order valence-electron chi connectivity index (χ0n) is 14.8. The highest BCUT2D eigenvalue weighted by Gasteiger charge is 2.13. The van der Waals surface area contributed by atoms with Crippen LogP contribution in [0.25, 0.3) is 0 Å². The van der Waals surface area contributed by atoms with Crippen LogP contribution in [-0.4, -0.2) is 25.6 Å². The Morgan fingerprint density at radius 3 is 2.50 bits per heavy atom. The molecule has 0 unspecified atom stereocenters. The zero-order chi connectivity index (χ0) is 17.5. The molecule has 24 heavy (non-hydrogen) atoms. The summed E-state index contributed by atoms with van der Waals surface area (Å²) in [6.07, 6.45) is 0.798. The molecule has 0 aromatic heterocycles. The Hall–Kier alpha value is -2.49. The summed E-state index contributed by atoms with van der Waals surface area (Å²) in [6, 6.07) is 13.7. The van der Waals surface area contributed by atoms with Crippen LogP contribution in [0, 0.1) is 13.8 Å². The van der Waals surface area contributed by atoms with Crippen molar-refractivity contribution in [1.82, 2.24) is 5.32 Å². The van der Waals surface area contributed by atoms with E-state index < -0.39 is 0 Å². The van der Waals surface area contributed by atoms with E-state index in [-0.39, 0.29) is 11.9 Å². The molecule has 4 heteroatoms. The number of nitrogens with one attached hydrogen (secondary N) is 2. The molecule has 2 N–H and O–H groups in total. The monoisotopic (exact) mass is 326 g/mol. The van der Waals surface area contributed by atoms with E-state index >= 15 is 0 Å². The van der Waals surface area contributed by atoms with Gasteiger partial charge in [-0.05, 0) is 62.1 Å². The lowest BCUT2D eigenvalue weighted by Crippen LogP contribution is -2.38. The van der Waals surface area contributed by atoms with Crippen molar-refractivity contribution in [2.75, 3.05) is 19.0 Å². The van der Waals surface area contributed by atoms with Crippen molar-refractivity contribution < 1.29 is 9.53 Å². The zero-order valence-corrected chi connectivity index (χ0v) is 14.8. The summed E-state index contributed by atoms with van der Waals surface area (Å²) in [7, 11) is 1.65. The van der Waals surface area contributed by atoms with Gasteiger partial charge in [-0.25, -0.2) is 0 Å². The number of anilines is 1. The summed E-state index contributed by atoms with van der Waals surface area (Å²) in [6.45, 7) is 6.63. The molecule has 1 atom stereocenters. The number of carbonyl (C=O) groups is 1. The topological polar surface area (TPSA) is 50.4 Å². The Kier molecular flexibility index (Phi) is 6.24. The fourth-order valence-electron chi connectivity index (χ4n) is 2.48. The summed E-state index contributed by atoms with van der Waals surface area (Å²) >= 11 is 0. The van der Waals surface area contributed by atoms with Crippen LogP contribution < -0.4 is 15.4 Å². The third kappa shape index (κ3) is 4.75. The number of ether oxygens (including phenoxy) is 1. The lowest BCUT2D eigenvalue weighted by molar-refractivity contribution is -0.121. The van der Waals surface area contributed by atoms with E-state index in [1.165, 1.54) is 16.7 Å². The van der Waals surface area contributed by atoms with Gasteiger partial charge >= 0.3 is 0 Å². The average Bonchev–Trinajstić information content (AvgIpc) is 2.59. The number of carbonyl (C=O) groups excluding carboxylic acids is 1. The number of amides is 1. The highest BCUT2D eigenvalue weighted by Crippen LogP contribution is 2.18. The van der Waals surface area contributed by atoms with Gasteiger partial charge in [-0.1, -0.05) is 24.3 Å². The van der Waals surface area contributed by atoms with Crippen LogP contribution in [0.15, 0.2) is 42.5 Å². The first kappa shape index (κ1) is 17.9. The molecular weight excluding hydrogens is 300 g/mol. The molecule has 0 aliphatic rings. The molecule has 0 spiro atoms. The summed E-state index contributed by atoms with van der Waals surface area (Å²) in [5.41, 5.74) is 4.57. The number of rotatable bonds is 7. The highest BCUT2D eigenvalue weighted by molar-refractivity contribution is 5.84. The molecule has 2 aromatic rings. The molecule has 1 amide bonds. The van der Waals surface area contributed by atoms with Crippen LogP contribution in [0.4, 0.5) is 5.69 Å². The van der Waals surface area contributed by atoms with Crippen LogP contribution in [0.5, 0.6) is 5.75 Å². The van der Waals surface area contributed by atoms with E-state index in [0.29, 0.717) is 6.54 Å². The van der Waals surface area contributed by atoms with Gasteiger partial charge in [-0.3, -0.25) is 4.79 Å². The molecule has 2 aromatic carbocycles. The summed E-state index contributed by atoms with van der Waals surface area (Å²) < 4.78 is 5.14. The lowest BCUT2D eigenvalue weighted by Gasteiger charge is -2.17. The van der Waals surface area contributed by atoms with Gasteiger partial charge in [0.1, 0.15) is 11.8 Å². The molecule has 128 valence electrons. The number of methoxy groups -OCH3 is 1. The van der Waals surface area contributed by atoms with E-state index in [1.807, 2.05) is 43.3 Å². The van der Waals surface area contributed by atoms with Crippen molar-refractivity contribution in [2.24, 2.45) is 0 Å². The van der Waals surface area contributed by atoms with Gasteiger partial charge in [0.2, 0.25) is 5.91 Å². The summed E-state index contributed by atoms with van der Waals surface area (Å²) in [5.74, 6) is 0.846. The van der Waals surface area contributed by atoms with Gasteiger partial charge in [-0.2, -0.15) is 0 Å². The first-order valence-corrected chi connectivity index (χ1v) is 8.24. The smallest absolute Gasteiger partial charge is 0.242 e. The number of hydrogen-bond donors (Lipinski definition) is 2. The lowest BCUT2D eigenvalue weighted by atomic mass is 10.1. The molecule has 0 saturated carbocycles. The molecule has 0 heterocycles. The van der Waals surface area contributed by atoms with E-state index in [2.05, 4.69) is 30.5 Å². The minimum Gasteiger partial charge on any atom is -0.497 e. The van der Waals surface area contributed by atoms with E-state index in [0.717, 1.165) is 17.9 Å². The van der Waals surface area contributed by atoms with Crippen molar-refractivity contribution in [3.63, 3.8) is 0 Å². The number of hydrogen-bond acceptors (Lipinski definition) is 3. The predicted molar refractivity (Wildman–Crippen MR) is 98.7 cm³/mol. The quantitative estimate of drug-likeness (QED) is 0.819. The van der Waals surface area contributed by atoms with Crippen molar-refractivity contribution in [3.8, 4) is 5.75 Å². The van der Waals surface area contributed by atoms with Crippen LogP contribution in [0.1, 0.15) is 23.6 Å².